The van der Waals surface area contributed by atoms with Gasteiger partial charge < -0.3 is 5.32 Å². The SMILES string of the molecule is Cc1ccc(NC(=O)C(C)Sc2nnc3cc(C)c4cc(C)cc(C)c4n23)cc1. The quantitative estimate of drug-likeness (QED) is 0.473. The summed E-state index contributed by atoms with van der Waals surface area (Å²) in [4.78, 5) is 12.7. The zero-order valence-electron chi connectivity index (χ0n) is 17.3. The van der Waals surface area contributed by atoms with Crippen LogP contribution in [0.15, 0.2) is 47.6 Å². The summed E-state index contributed by atoms with van der Waals surface area (Å²) >= 11 is 1.42. The number of amides is 1. The van der Waals surface area contributed by atoms with Crippen molar-refractivity contribution in [3.8, 4) is 0 Å². The van der Waals surface area contributed by atoms with Gasteiger partial charge in [-0.2, -0.15) is 0 Å². The first-order chi connectivity index (χ1) is 13.8. The van der Waals surface area contributed by atoms with Crippen LogP contribution in [0.25, 0.3) is 16.6 Å². The third-order valence-electron chi connectivity index (χ3n) is 5.07. The van der Waals surface area contributed by atoms with Gasteiger partial charge in [-0.25, -0.2) is 0 Å². The predicted molar refractivity (Wildman–Crippen MR) is 120 cm³/mol. The van der Waals surface area contributed by atoms with Gasteiger partial charge in [-0.15, -0.1) is 10.2 Å². The second-order valence-corrected chi connectivity index (χ2v) is 8.90. The largest absolute Gasteiger partial charge is 0.325 e. The standard InChI is InChI=1S/C23H24N4OS/c1-13-6-8-18(9-7-13)24-22(28)17(5)29-23-26-25-20-12-15(3)19-11-14(2)10-16(4)21(19)27(20)23/h6-12,17H,1-5H3,(H,24,28). The summed E-state index contributed by atoms with van der Waals surface area (Å²) in [5.74, 6) is -0.0559. The molecule has 0 spiro atoms. The van der Waals surface area contributed by atoms with Gasteiger partial charge in [0.05, 0.1) is 10.8 Å². The maximum Gasteiger partial charge on any atom is 0.237 e. The van der Waals surface area contributed by atoms with E-state index >= 15 is 0 Å². The summed E-state index contributed by atoms with van der Waals surface area (Å²) in [6.45, 7) is 10.2. The minimum Gasteiger partial charge on any atom is -0.325 e. The molecule has 0 fully saturated rings. The Balaban J connectivity index is 1.68. The number of hydrogen-bond donors (Lipinski definition) is 1. The molecule has 5 nitrogen and oxygen atoms in total. The van der Waals surface area contributed by atoms with Crippen LogP contribution in [0.3, 0.4) is 0 Å². The van der Waals surface area contributed by atoms with E-state index in [1.807, 2.05) is 38.1 Å². The number of nitrogens with zero attached hydrogens (tertiary/aromatic N) is 3. The molecule has 2 aromatic heterocycles. The Morgan fingerprint density at radius 1 is 0.966 bits per heavy atom. The fraction of sp³-hybridized carbons (Fsp3) is 0.261. The molecule has 2 heterocycles. The van der Waals surface area contributed by atoms with E-state index < -0.39 is 0 Å². The number of pyridine rings is 1. The van der Waals surface area contributed by atoms with Gasteiger partial charge in [-0.3, -0.25) is 9.20 Å². The van der Waals surface area contributed by atoms with Gasteiger partial charge in [0.15, 0.2) is 10.8 Å². The average Bonchev–Trinajstić information content (AvgIpc) is 3.05. The zero-order valence-corrected chi connectivity index (χ0v) is 18.1. The van der Waals surface area contributed by atoms with Crippen LogP contribution < -0.4 is 5.32 Å². The first-order valence-corrected chi connectivity index (χ1v) is 10.5. The first kappa shape index (κ1) is 19.5. The molecule has 1 unspecified atom stereocenters. The smallest absolute Gasteiger partial charge is 0.237 e. The highest BCUT2D eigenvalue weighted by atomic mass is 32.2. The lowest BCUT2D eigenvalue weighted by atomic mass is 10.0. The minimum absolute atomic E-state index is 0.0559. The summed E-state index contributed by atoms with van der Waals surface area (Å²) in [5.41, 5.74) is 7.44. The van der Waals surface area contributed by atoms with Crippen LogP contribution in [0.2, 0.25) is 0 Å². The number of aromatic nitrogens is 3. The van der Waals surface area contributed by atoms with Crippen molar-refractivity contribution in [2.75, 3.05) is 5.32 Å². The van der Waals surface area contributed by atoms with Crippen molar-refractivity contribution in [2.24, 2.45) is 0 Å². The molecular formula is C23H24N4OS. The fourth-order valence-corrected chi connectivity index (χ4v) is 4.44. The topological polar surface area (TPSA) is 59.3 Å². The molecule has 0 saturated carbocycles. The van der Waals surface area contributed by atoms with E-state index in [-0.39, 0.29) is 11.2 Å². The zero-order chi connectivity index (χ0) is 20.7. The van der Waals surface area contributed by atoms with Crippen LogP contribution in [-0.4, -0.2) is 25.8 Å². The van der Waals surface area contributed by atoms with E-state index in [1.54, 1.807) is 0 Å². The third-order valence-corrected chi connectivity index (χ3v) is 6.11. The number of anilines is 1. The molecule has 1 atom stereocenters. The van der Waals surface area contributed by atoms with Gasteiger partial charge in [0.1, 0.15) is 0 Å². The molecule has 0 saturated heterocycles. The van der Waals surface area contributed by atoms with Crippen molar-refractivity contribution >= 4 is 39.9 Å². The van der Waals surface area contributed by atoms with Crippen LogP contribution in [0.4, 0.5) is 5.69 Å². The average molecular weight is 405 g/mol. The van der Waals surface area contributed by atoms with Gasteiger partial charge in [-0.05, 0) is 70.0 Å². The highest BCUT2D eigenvalue weighted by molar-refractivity contribution is 8.00. The van der Waals surface area contributed by atoms with Crippen molar-refractivity contribution in [2.45, 2.75) is 45.0 Å². The maximum atomic E-state index is 12.7. The number of carbonyl (C=O) groups excluding carboxylic acids is 1. The lowest BCUT2D eigenvalue weighted by Gasteiger charge is -2.14. The van der Waals surface area contributed by atoms with E-state index in [0.29, 0.717) is 0 Å². The summed E-state index contributed by atoms with van der Waals surface area (Å²) < 4.78 is 2.07. The highest BCUT2D eigenvalue weighted by Gasteiger charge is 2.20. The summed E-state index contributed by atoms with van der Waals surface area (Å²) in [5, 5.41) is 13.3. The molecule has 0 aliphatic rings. The predicted octanol–water partition coefficient (Wildman–Crippen LogP) is 5.24. The van der Waals surface area contributed by atoms with E-state index in [9.17, 15) is 4.79 Å². The number of nitrogens with one attached hydrogen (secondary N) is 1. The maximum absolute atomic E-state index is 12.7. The van der Waals surface area contributed by atoms with Gasteiger partial charge in [0.2, 0.25) is 5.91 Å². The first-order valence-electron chi connectivity index (χ1n) is 9.63. The molecule has 1 N–H and O–H groups in total. The highest BCUT2D eigenvalue weighted by Crippen LogP contribution is 2.30. The van der Waals surface area contributed by atoms with Gasteiger partial charge >= 0.3 is 0 Å². The molecular weight excluding hydrogens is 380 g/mol. The van der Waals surface area contributed by atoms with Crippen molar-refractivity contribution in [3.05, 3.63) is 64.7 Å². The van der Waals surface area contributed by atoms with E-state index in [1.165, 1.54) is 33.8 Å². The number of benzene rings is 2. The van der Waals surface area contributed by atoms with Crippen molar-refractivity contribution in [1.29, 1.82) is 0 Å². The minimum atomic E-state index is -0.314. The number of rotatable bonds is 4. The molecule has 148 valence electrons. The number of aryl methyl sites for hydroxylation is 4. The fourth-order valence-electron chi connectivity index (χ4n) is 3.58. The third kappa shape index (κ3) is 3.72. The van der Waals surface area contributed by atoms with Gasteiger partial charge in [-0.1, -0.05) is 41.1 Å². The number of hydrogen-bond acceptors (Lipinski definition) is 4. The molecule has 0 aliphatic heterocycles. The van der Waals surface area contributed by atoms with Crippen LogP contribution in [0, 0.1) is 27.7 Å². The van der Waals surface area contributed by atoms with E-state index in [2.05, 4.69) is 58.9 Å². The number of thioether (sulfide) groups is 1. The molecule has 0 aliphatic carbocycles. The molecule has 1 amide bonds. The second kappa shape index (κ2) is 7.52. The Bertz CT molecular complexity index is 1230. The van der Waals surface area contributed by atoms with Crippen LogP contribution in [0.1, 0.15) is 29.2 Å². The molecule has 4 rings (SSSR count). The normalized spacial score (nSPS) is 12.4. The Hall–Kier alpha value is -2.86. The summed E-state index contributed by atoms with van der Waals surface area (Å²) in [7, 11) is 0. The van der Waals surface area contributed by atoms with Crippen LogP contribution in [-0.2, 0) is 4.79 Å². The van der Waals surface area contributed by atoms with E-state index in [4.69, 9.17) is 0 Å². The lowest BCUT2D eigenvalue weighted by molar-refractivity contribution is -0.115. The van der Waals surface area contributed by atoms with Crippen LogP contribution in [0.5, 0.6) is 0 Å². The molecule has 29 heavy (non-hydrogen) atoms. The molecule has 4 aromatic rings. The Morgan fingerprint density at radius 3 is 2.41 bits per heavy atom. The molecule has 0 radical (unpaired) electrons. The van der Waals surface area contributed by atoms with Crippen molar-refractivity contribution < 1.29 is 4.79 Å². The molecule has 0 bridgehead atoms. The monoisotopic (exact) mass is 404 g/mol. The van der Waals surface area contributed by atoms with Crippen molar-refractivity contribution in [3.63, 3.8) is 0 Å². The summed E-state index contributed by atoms with van der Waals surface area (Å²) in [6, 6.07) is 14.2. The van der Waals surface area contributed by atoms with Crippen LogP contribution >= 0.6 is 11.8 Å². The second-order valence-electron chi connectivity index (χ2n) is 7.60. The van der Waals surface area contributed by atoms with Crippen molar-refractivity contribution in [1.82, 2.24) is 14.6 Å². The number of fused-ring (bicyclic) bond motifs is 3. The Kier molecular flexibility index (Phi) is 5.04. The Labute approximate surface area is 174 Å². The Morgan fingerprint density at radius 2 is 1.69 bits per heavy atom. The lowest BCUT2D eigenvalue weighted by Crippen LogP contribution is -2.22. The molecule has 6 heteroatoms. The van der Waals surface area contributed by atoms with E-state index in [0.717, 1.165) is 27.6 Å². The molecule has 2 aromatic carbocycles. The van der Waals surface area contributed by atoms with Gasteiger partial charge in [0.25, 0.3) is 0 Å². The number of carbonyl (C=O) groups is 1. The summed E-state index contributed by atoms with van der Waals surface area (Å²) in [6.07, 6.45) is 0. The van der Waals surface area contributed by atoms with Gasteiger partial charge in [0, 0.05) is 11.1 Å².